The van der Waals surface area contributed by atoms with Gasteiger partial charge < -0.3 is 4.79 Å². The van der Waals surface area contributed by atoms with Gasteiger partial charge in [0.1, 0.15) is 12.1 Å². The number of rotatable bonds is 18. The van der Waals surface area contributed by atoms with Crippen molar-refractivity contribution in [2.45, 2.75) is 699 Å². The molecule has 806 valence electrons. The third-order valence-electron chi connectivity index (χ3n) is 14.1. The Balaban J connectivity index is -0.0000000114. The molecular weight excluding hydrogens is 1470 g/mol. The first-order valence-electron chi connectivity index (χ1n) is 39.9. The maximum absolute atomic E-state index is 10.8. The molecule has 2 rings (SSSR count). The van der Waals surface area contributed by atoms with E-state index in [1.165, 1.54) is 180 Å². The van der Waals surface area contributed by atoms with Crippen molar-refractivity contribution in [2.24, 2.45) is 70.5 Å². The van der Waals surface area contributed by atoms with Crippen molar-refractivity contribution < 1.29 is 22.8 Å². The molecule has 0 aromatic carbocycles. The van der Waals surface area contributed by atoms with E-state index in [0.29, 0.717) is 0 Å². The smallest absolute Gasteiger partial charge is 0.304 e. The van der Waals surface area contributed by atoms with Crippen LogP contribution in [0.3, 0.4) is 0 Å². The van der Waals surface area contributed by atoms with E-state index in [1.54, 1.807) is 6.92 Å². The Morgan fingerprint density at radius 2 is 0.467 bits per heavy atom. The van der Waals surface area contributed by atoms with Gasteiger partial charge in [0, 0.05) is 11.8 Å². The summed E-state index contributed by atoms with van der Waals surface area (Å²) in [5.74, 6) is 10.5. The highest BCUT2D eigenvalue weighted by Crippen LogP contribution is 2.31. The fourth-order valence-corrected chi connectivity index (χ4v) is 3.55. The van der Waals surface area contributed by atoms with E-state index in [0.717, 1.165) is 78.3 Å². The zero-order valence-corrected chi connectivity index (χ0v) is 73.2. The van der Waals surface area contributed by atoms with Gasteiger partial charge in [0.25, 0.3) is 0 Å². The summed E-state index contributed by atoms with van der Waals surface area (Å²) in [7, 11) is 0. The molecule has 2 nitrogen and oxygen atoms in total. The summed E-state index contributed by atoms with van der Waals surface area (Å²) in [4.78, 5) is 19.3. The lowest BCUT2D eigenvalue weighted by atomic mass is 9.92. The number of carbonyl (C=O) groups excluding carboxylic acids is 2. The first-order valence-corrected chi connectivity index (χ1v) is 39.9. The predicted molar refractivity (Wildman–Crippen MR) is 626 cm³/mol. The number of carbonyl (C=O) groups is 2. The molecule has 0 N–H and O–H groups in total. The number of Topliss-reactive ketones (excluding diaryl/α,β-unsaturated/α-hetero) is 1. The second kappa shape index (κ2) is 280. The molecule has 0 amide bonds. The second-order valence-corrected chi connectivity index (χ2v) is 29.1. The molecule has 1 unspecified atom stereocenters. The van der Waals surface area contributed by atoms with Crippen LogP contribution in [0.4, 0.5) is 13.2 Å². The largest absolute Gasteiger partial charge is 0.388 e. The zero-order valence-electron chi connectivity index (χ0n) is 73.2. The highest BCUT2D eigenvalue weighted by atomic mass is 19.4. The van der Waals surface area contributed by atoms with Crippen LogP contribution in [0.5, 0.6) is 0 Å². The van der Waals surface area contributed by atoms with Crippen molar-refractivity contribution in [1.82, 2.24) is 0 Å². The van der Waals surface area contributed by atoms with Crippen molar-refractivity contribution in [2.75, 3.05) is 0 Å². The predicted octanol–water partition coefficient (Wildman–Crippen LogP) is 53.1. The topological polar surface area (TPSA) is 34.1 Å². The Morgan fingerprint density at radius 3 is 0.508 bits per heavy atom. The van der Waals surface area contributed by atoms with Crippen LogP contribution in [0.1, 0.15) is 693 Å². The van der Waals surface area contributed by atoms with Gasteiger partial charge in [0.2, 0.25) is 0 Å². The molecule has 2 saturated carbocycles. The third-order valence-corrected chi connectivity index (χ3v) is 14.1. The molecular formula is C115H313F3O2. The molecule has 2 aliphatic rings. The van der Waals surface area contributed by atoms with Crippen LogP contribution in [-0.2, 0) is 9.59 Å². The summed E-state index contributed by atoms with van der Waals surface area (Å²) in [6.45, 7) is 91.6. The lowest BCUT2D eigenvalue weighted by Gasteiger charge is -2.11. The first kappa shape index (κ1) is 303. The Labute approximate surface area is 799 Å². The fourth-order valence-electron chi connectivity index (χ4n) is 3.55. The Bertz CT molecular complexity index is 950. The van der Waals surface area contributed by atoms with Crippen LogP contribution >= 0.6 is 0 Å². The monoisotopic (exact) mass is 1780 g/mol. The van der Waals surface area contributed by atoms with E-state index in [4.69, 9.17) is 4.79 Å². The first-order chi connectivity index (χ1) is 42.0. The van der Waals surface area contributed by atoms with Crippen LogP contribution in [-0.4, -0.2) is 18.2 Å². The van der Waals surface area contributed by atoms with E-state index >= 15 is 0 Å². The second-order valence-electron chi connectivity index (χ2n) is 29.1. The SMILES string of the molecule is C.C.C.C.C.C.C.C.C.C.C.C.C.C.C.C.C.C.C.C.C.C.C.C.C.C.C.C.C.CC.CC(=O)C(C)(C)C.CC(C)C.CC1CCCC1.CC=O.CCC.CCC(C)C.CCC(C)C.CCC(C)C.CCC(C)C.CCC(C)C.CCC(C)C.CCC(C)CC.CCC(F)(F)F.CCC1CC1.CCCCC.CCCCC(C)CC.CCCCCC. The van der Waals surface area contributed by atoms with Crippen molar-refractivity contribution >= 4 is 12.1 Å². The molecule has 120 heavy (non-hydrogen) atoms. The van der Waals surface area contributed by atoms with Crippen molar-refractivity contribution in [3.8, 4) is 0 Å². The molecule has 5 heteroatoms. The molecule has 0 aliphatic heterocycles. The van der Waals surface area contributed by atoms with Gasteiger partial charge in [-0.3, -0.25) is 4.79 Å². The zero-order chi connectivity index (χ0) is 76.4. The number of hydrogen-bond donors (Lipinski definition) is 0. The minimum atomic E-state index is -3.96. The number of aldehydes is 1. The summed E-state index contributed by atoms with van der Waals surface area (Å²) < 4.78 is 32.4. The number of hydrogen-bond acceptors (Lipinski definition) is 2. The Kier molecular flexibility index (Phi) is 705. The number of halogens is 3. The molecule has 0 bridgehead atoms. The van der Waals surface area contributed by atoms with Gasteiger partial charge in [-0.15, -0.1) is 0 Å². The standard InChI is InChI=1S/C8H18.C6H12O.C6H12.2C6H14.C5H10.7C5H12.C4H10.C3H5F3.C3H8.C2H4O.C2H6.29CH4/c1-4-6-7-8(3)5-2;1-5(7)6(2,3)4;1-6-4-2-3-5-6;1-4-6(3)5-2;1-3-5-6-4-2;1-2-5-3-4-5;6*1-4-5(2)3;1-3-5-4-2;1-4(2)3;1-2-3(4,5)6;1-3-2;1-2-3;1-2;;;;;;;;;;;;;;;;;;;;;;;;;;;;;/h8H,4-7H2,1-3H3;1-4H3;6H,2-5H2,1H3;6H,4-5H2,1-3H3;3-6H2,1-2H3;5H,2-4H2,1H3;6*5H,4H2,1-3H3;3-5H2,1-2H3;4H,1-3H3;2H2,1H3;3H2,1-2H3;2H,1H3;1-2H3;29*1H4. The highest BCUT2D eigenvalue weighted by molar-refractivity contribution is 5.80. The minimum absolute atomic E-state index is 0. The van der Waals surface area contributed by atoms with Crippen LogP contribution in [0.2, 0.25) is 0 Å². The maximum atomic E-state index is 10.8. The number of ketones is 1. The third kappa shape index (κ3) is 711. The summed E-state index contributed by atoms with van der Waals surface area (Å²) in [6, 6.07) is 0. The Morgan fingerprint density at radius 1 is 0.325 bits per heavy atom. The van der Waals surface area contributed by atoms with Crippen molar-refractivity contribution in [1.29, 1.82) is 0 Å². The van der Waals surface area contributed by atoms with E-state index in [-0.39, 0.29) is 227 Å². The van der Waals surface area contributed by atoms with Gasteiger partial charge in [0.05, 0.1) is 0 Å². The summed E-state index contributed by atoms with van der Waals surface area (Å²) in [5.41, 5.74) is -0.139. The summed E-state index contributed by atoms with van der Waals surface area (Å²) in [6.07, 6.45) is 33.3. The van der Waals surface area contributed by atoms with Crippen molar-refractivity contribution in [3.05, 3.63) is 0 Å². The fraction of sp³-hybridized carbons (Fsp3) is 0.983. The molecule has 0 heterocycles. The van der Waals surface area contributed by atoms with Gasteiger partial charge in [-0.05, 0) is 78.9 Å². The van der Waals surface area contributed by atoms with Crippen LogP contribution < -0.4 is 0 Å². The summed E-state index contributed by atoms with van der Waals surface area (Å²) in [5, 5.41) is 0. The average Bonchev–Trinajstić information content (AvgIpc) is 4.23. The minimum Gasteiger partial charge on any atom is -0.304 e. The molecule has 0 aromatic rings. The van der Waals surface area contributed by atoms with E-state index in [1.807, 2.05) is 34.6 Å². The number of alkyl halides is 3. The van der Waals surface area contributed by atoms with Gasteiger partial charge in [0.15, 0.2) is 0 Å². The van der Waals surface area contributed by atoms with Gasteiger partial charge in [-0.2, -0.15) is 13.2 Å². The van der Waals surface area contributed by atoms with E-state index in [2.05, 4.69) is 242 Å². The molecule has 0 saturated heterocycles. The quantitative estimate of drug-likeness (QED) is 0.101. The molecule has 0 aromatic heterocycles. The molecule has 2 aliphatic carbocycles. The highest BCUT2D eigenvalue weighted by Gasteiger charge is 2.22. The maximum Gasteiger partial charge on any atom is 0.388 e. The molecule has 2 fully saturated rings. The van der Waals surface area contributed by atoms with Gasteiger partial charge in [-0.25, -0.2) is 0 Å². The lowest BCUT2D eigenvalue weighted by molar-refractivity contribution is -0.130. The normalized spacial score (nSPS) is 8.75. The summed E-state index contributed by atoms with van der Waals surface area (Å²) >= 11 is 0. The average molecular weight is 1790 g/mol. The van der Waals surface area contributed by atoms with Crippen LogP contribution in [0, 0.1) is 70.5 Å². The van der Waals surface area contributed by atoms with E-state index < -0.39 is 12.6 Å². The number of unbranched alkanes of at least 4 members (excludes halogenated alkanes) is 6. The van der Waals surface area contributed by atoms with Crippen LogP contribution in [0.25, 0.3) is 0 Å². The Hall–Kier alpha value is -0.870. The van der Waals surface area contributed by atoms with Crippen molar-refractivity contribution in [3.63, 3.8) is 0 Å². The molecule has 0 spiro atoms. The lowest BCUT2D eigenvalue weighted by Crippen LogP contribution is -2.15. The molecule has 0 radical (unpaired) electrons. The van der Waals surface area contributed by atoms with Crippen LogP contribution in [0.15, 0.2) is 0 Å². The van der Waals surface area contributed by atoms with Gasteiger partial charge in [-0.1, -0.05) is 673 Å². The van der Waals surface area contributed by atoms with E-state index in [9.17, 15) is 18.0 Å². The van der Waals surface area contributed by atoms with Gasteiger partial charge >= 0.3 is 6.18 Å². The molecule has 1 atom stereocenters.